The van der Waals surface area contributed by atoms with Crippen LogP contribution in [0.2, 0.25) is 0 Å². The lowest BCUT2D eigenvalue weighted by molar-refractivity contribution is 0.0792. The summed E-state index contributed by atoms with van der Waals surface area (Å²) in [5, 5.41) is 0. The molecule has 1 aromatic rings. The number of rotatable bonds is 3. The van der Waals surface area contributed by atoms with Crippen molar-refractivity contribution in [1.82, 2.24) is 14.1 Å². The Morgan fingerprint density at radius 2 is 1.62 bits per heavy atom. The first-order valence-electron chi connectivity index (χ1n) is 8.48. The number of likely N-dealkylation sites (tertiary alicyclic amines) is 1. The van der Waals surface area contributed by atoms with Crippen molar-refractivity contribution in [3.8, 4) is 0 Å². The van der Waals surface area contributed by atoms with E-state index in [9.17, 15) is 13.2 Å². The molecule has 6 nitrogen and oxygen atoms in total. The molecule has 3 rings (SSSR count). The highest BCUT2D eigenvalue weighted by molar-refractivity contribution is 7.89. The number of likely N-dealkylation sites (N-methyl/N-ethyl adjacent to an activating group) is 1. The predicted molar refractivity (Wildman–Crippen MR) is 92.6 cm³/mol. The number of carbonyl (C=O) groups excluding carboxylic acids is 1. The molecule has 0 unspecified atom stereocenters. The molecule has 132 valence electrons. The molecular weight excluding hydrogens is 326 g/mol. The average molecular weight is 351 g/mol. The molecule has 24 heavy (non-hydrogen) atoms. The van der Waals surface area contributed by atoms with Gasteiger partial charge in [0.05, 0.1) is 4.90 Å². The molecule has 0 atom stereocenters. The lowest BCUT2D eigenvalue weighted by Crippen LogP contribution is -2.47. The molecule has 0 N–H and O–H groups in total. The van der Waals surface area contributed by atoms with Gasteiger partial charge in [-0.2, -0.15) is 4.31 Å². The third-order valence-electron chi connectivity index (χ3n) is 4.93. The Balaban J connectivity index is 1.88. The Morgan fingerprint density at radius 1 is 1.00 bits per heavy atom. The maximum absolute atomic E-state index is 12.9. The molecule has 0 aliphatic carbocycles. The minimum Gasteiger partial charge on any atom is -0.339 e. The molecule has 0 spiro atoms. The predicted octanol–water partition coefficient (Wildman–Crippen LogP) is 1.17. The molecule has 0 radical (unpaired) electrons. The van der Waals surface area contributed by atoms with Gasteiger partial charge in [0, 0.05) is 44.8 Å². The zero-order valence-corrected chi connectivity index (χ0v) is 15.2. The Hall–Kier alpha value is -1.44. The second-order valence-corrected chi connectivity index (χ2v) is 8.62. The van der Waals surface area contributed by atoms with Crippen molar-refractivity contribution in [2.24, 2.45) is 0 Å². The number of hydrogen-bond acceptors (Lipinski definition) is 4. The van der Waals surface area contributed by atoms with E-state index >= 15 is 0 Å². The van der Waals surface area contributed by atoms with E-state index in [1.54, 1.807) is 18.2 Å². The van der Waals surface area contributed by atoms with Crippen molar-refractivity contribution in [3.05, 3.63) is 29.3 Å². The van der Waals surface area contributed by atoms with E-state index in [1.165, 1.54) is 4.31 Å². The molecule has 2 fully saturated rings. The smallest absolute Gasteiger partial charge is 0.254 e. The molecule has 1 aromatic carbocycles. The summed E-state index contributed by atoms with van der Waals surface area (Å²) in [6.07, 6.45) is 2.04. The van der Waals surface area contributed by atoms with Gasteiger partial charge in [0.1, 0.15) is 0 Å². The molecule has 0 aromatic heterocycles. The Bertz CT molecular complexity index is 719. The van der Waals surface area contributed by atoms with E-state index in [2.05, 4.69) is 4.90 Å². The zero-order valence-electron chi connectivity index (χ0n) is 14.4. The highest BCUT2D eigenvalue weighted by Crippen LogP contribution is 2.23. The van der Waals surface area contributed by atoms with Crippen LogP contribution in [-0.4, -0.2) is 74.7 Å². The van der Waals surface area contributed by atoms with Crippen molar-refractivity contribution in [3.63, 3.8) is 0 Å². The number of sulfonamides is 1. The van der Waals surface area contributed by atoms with Crippen molar-refractivity contribution in [2.75, 3.05) is 46.3 Å². The summed E-state index contributed by atoms with van der Waals surface area (Å²) in [7, 11) is -1.56. The summed E-state index contributed by atoms with van der Waals surface area (Å²) >= 11 is 0. The van der Waals surface area contributed by atoms with Crippen molar-refractivity contribution < 1.29 is 13.2 Å². The first-order chi connectivity index (χ1) is 11.4. The number of amides is 1. The Labute approximate surface area is 144 Å². The second kappa shape index (κ2) is 6.82. The highest BCUT2D eigenvalue weighted by Gasteiger charge is 2.29. The Morgan fingerprint density at radius 3 is 2.25 bits per heavy atom. The Kier molecular flexibility index (Phi) is 4.94. The topological polar surface area (TPSA) is 60.9 Å². The zero-order chi connectivity index (χ0) is 17.3. The lowest BCUT2D eigenvalue weighted by Gasteiger charge is -2.31. The van der Waals surface area contributed by atoms with Crippen LogP contribution in [0, 0.1) is 6.92 Å². The van der Waals surface area contributed by atoms with E-state index < -0.39 is 10.0 Å². The SMILES string of the molecule is Cc1ccc(S(=O)(=O)N2CCN(C)CC2)cc1C(=O)N1CCCC1. The molecule has 1 amide bonds. The van der Waals surface area contributed by atoms with Gasteiger partial charge in [0.25, 0.3) is 5.91 Å². The van der Waals surface area contributed by atoms with Gasteiger partial charge in [-0.15, -0.1) is 0 Å². The summed E-state index contributed by atoms with van der Waals surface area (Å²) < 4.78 is 27.3. The third-order valence-corrected chi connectivity index (χ3v) is 6.83. The van der Waals surface area contributed by atoms with E-state index in [4.69, 9.17) is 0 Å². The van der Waals surface area contributed by atoms with Crippen LogP contribution in [0.1, 0.15) is 28.8 Å². The average Bonchev–Trinajstić information content (AvgIpc) is 3.09. The van der Waals surface area contributed by atoms with Gasteiger partial charge < -0.3 is 9.80 Å². The fourth-order valence-corrected chi connectivity index (χ4v) is 4.71. The summed E-state index contributed by atoms with van der Waals surface area (Å²) in [5.41, 5.74) is 1.33. The fraction of sp³-hybridized carbons (Fsp3) is 0.588. The molecule has 2 aliphatic rings. The monoisotopic (exact) mass is 351 g/mol. The van der Waals surface area contributed by atoms with E-state index in [0.717, 1.165) is 44.6 Å². The minimum absolute atomic E-state index is 0.0552. The van der Waals surface area contributed by atoms with Gasteiger partial charge in [0.2, 0.25) is 10.0 Å². The molecule has 2 saturated heterocycles. The van der Waals surface area contributed by atoms with E-state index in [-0.39, 0.29) is 10.8 Å². The molecule has 0 bridgehead atoms. The summed E-state index contributed by atoms with van der Waals surface area (Å²) in [4.78, 5) is 16.8. The number of nitrogens with zero attached hydrogens (tertiary/aromatic N) is 3. The molecule has 7 heteroatoms. The highest BCUT2D eigenvalue weighted by atomic mass is 32.2. The first kappa shape index (κ1) is 17.4. The normalized spacial score (nSPS) is 20.5. The van der Waals surface area contributed by atoms with Gasteiger partial charge in [-0.25, -0.2) is 8.42 Å². The van der Waals surface area contributed by atoms with Crippen LogP contribution in [0.25, 0.3) is 0 Å². The van der Waals surface area contributed by atoms with E-state index in [0.29, 0.717) is 18.7 Å². The number of aryl methyl sites for hydroxylation is 1. The maximum atomic E-state index is 12.9. The number of piperazine rings is 1. The van der Waals surface area contributed by atoms with E-state index in [1.807, 2.05) is 18.9 Å². The minimum atomic E-state index is -3.55. The summed E-state index contributed by atoms with van der Waals surface area (Å²) in [5.74, 6) is -0.0552. The van der Waals surface area contributed by atoms with Gasteiger partial charge in [-0.05, 0) is 44.5 Å². The van der Waals surface area contributed by atoms with Crippen molar-refractivity contribution >= 4 is 15.9 Å². The number of benzene rings is 1. The van der Waals surface area contributed by atoms with Crippen LogP contribution in [-0.2, 0) is 10.0 Å². The second-order valence-electron chi connectivity index (χ2n) is 6.68. The lowest BCUT2D eigenvalue weighted by atomic mass is 10.1. The van der Waals surface area contributed by atoms with Crippen molar-refractivity contribution in [2.45, 2.75) is 24.7 Å². The van der Waals surface area contributed by atoms with Crippen LogP contribution in [0.15, 0.2) is 23.1 Å². The van der Waals surface area contributed by atoms with Crippen molar-refractivity contribution in [1.29, 1.82) is 0 Å². The van der Waals surface area contributed by atoms with Gasteiger partial charge >= 0.3 is 0 Å². The van der Waals surface area contributed by atoms with Crippen LogP contribution in [0.5, 0.6) is 0 Å². The number of carbonyl (C=O) groups is 1. The molecule has 2 heterocycles. The van der Waals surface area contributed by atoms with Gasteiger partial charge in [0.15, 0.2) is 0 Å². The largest absolute Gasteiger partial charge is 0.339 e. The fourth-order valence-electron chi connectivity index (χ4n) is 3.26. The van der Waals surface area contributed by atoms with Crippen LogP contribution >= 0.6 is 0 Å². The van der Waals surface area contributed by atoms with Crippen LogP contribution in [0.3, 0.4) is 0 Å². The number of hydrogen-bond donors (Lipinski definition) is 0. The van der Waals surface area contributed by atoms with Gasteiger partial charge in [-0.3, -0.25) is 4.79 Å². The molecule has 0 saturated carbocycles. The summed E-state index contributed by atoms with van der Waals surface area (Å²) in [6, 6.07) is 4.92. The van der Waals surface area contributed by atoms with Gasteiger partial charge in [-0.1, -0.05) is 6.07 Å². The third kappa shape index (κ3) is 3.34. The standard InChI is InChI=1S/C17H25N3O3S/c1-14-5-6-15(13-16(14)17(21)19-7-3-4-8-19)24(22,23)20-11-9-18(2)10-12-20/h5-6,13H,3-4,7-12H2,1-2H3. The van der Waals surface area contributed by atoms with Crippen LogP contribution in [0.4, 0.5) is 0 Å². The molecular formula is C17H25N3O3S. The summed E-state index contributed by atoms with van der Waals surface area (Å²) in [6.45, 7) is 5.80. The quantitative estimate of drug-likeness (QED) is 0.820. The first-order valence-corrected chi connectivity index (χ1v) is 9.92. The van der Waals surface area contributed by atoms with Crippen LogP contribution < -0.4 is 0 Å². The molecule has 2 aliphatic heterocycles. The maximum Gasteiger partial charge on any atom is 0.254 e.